The Balaban J connectivity index is 2.89. The Morgan fingerprint density at radius 3 is 2.58 bits per heavy atom. The van der Waals surface area contributed by atoms with E-state index < -0.39 is 4.92 Å². The summed E-state index contributed by atoms with van der Waals surface area (Å²) in [4.78, 5) is 22.4. The lowest BCUT2D eigenvalue weighted by atomic mass is 10.0. The van der Waals surface area contributed by atoms with Crippen LogP contribution in [-0.2, 0) is 0 Å². The molecule has 0 spiro atoms. The molecule has 0 aromatic heterocycles. The maximum atomic E-state index is 12.1. The minimum atomic E-state index is -0.515. The van der Waals surface area contributed by atoms with E-state index in [0.717, 1.165) is 6.42 Å². The molecule has 0 saturated heterocycles. The van der Waals surface area contributed by atoms with Gasteiger partial charge in [-0.2, -0.15) is 0 Å². The summed E-state index contributed by atoms with van der Waals surface area (Å²) in [6.07, 6.45) is 0.859. The zero-order valence-corrected chi connectivity index (χ0v) is 12.7. The molecule has 0 bridgehead atoms. The Bertz CT molecular complexity index is 489. The topological polar surface area (TPSA) is 72.2 Å². The van der Waals surface area contributed by atoms with E-state index in [4.69, 9.17) is 0 Å². The molecule has 5 nitrogen and oxygen atoms in total. The van der Waals surface area contributed by atoms with Crippen molar-refractivity contribution >= 4 is 27.5 Å². The van der Waals surface area contributed by atoms with Crippen molar-refractivity contribution in [2.45, 2.75) is 33.2 Å². The molecule has 1 atom stereocenters. The molecule has 19 heavy (non-hydrogen) atoms. The second kappa shape index (κ2) is 6.65. The third kappa shape index (κ3) is 4.31. The normalized spacial score (nSPS) is 12.3. The molecule has 104 valence electrons. The highest BCUT2D eigenvalue weighted by Crippen LogP contribution is 2.28. The van der Waals surface area contributed by atoms with Gasteiger partial charge in [-0.3, -0.25) is 14.9 Å². The molecule has 0 aliphatic carbocycles. The van der Waals surface area contributed by atoms with Crippen LogP contribution in [0.25, 0.3) is 0 Å². The minimum absolute atomic E-state index is 0.0265. The minimum Gasteiger partial charge on any atom is -0.350 e. The zero-order chi connectivity index (χ0) is 14.6. The number of halogens is 1. The molecule has 0 heterocycles. The molecule has 0 fully saturated rings. The first-order valence-corrected chi connectivity index (χ1v) is 6.86. The van der Waals surface area contributed by atoms with Crippen LogP contribution >= 0.6 is 15.9 Å². The largest absolute Gasteiger partial charge is 0.350 e. The van der Waals surface area contributed by atoms with Gasteiger partial charge in [0.1, 0.15) is 4.47 Å². The zero-order valence-electron chi connectivity index (χ0n) is 11.1. The predicted octanol–water partition coefficient (Wildman–Crippen LogP) is 3.52. The van der Waals surface area contributed by atoms with E-state index in [2.05, 4.69) is 35.1 Å². The molecule has 1 aromatic carbocycles. The quantitative estimate of drug-likeness (QED) is 0.663. The van der Waals surface area contributed by atoms with Crippen molar-refractivity contribution in [2.24, 2.45) is 5.92 Å². The molecule has 1 N–H and O–H groups in total. The molecule has 1 unspecified atom stereocenters. The summed E-state index contributed by atoms with van der Waals surface area (Å²) in [6, 6.07) is 4.45. The number of carbonyl (C=O) groups is 1. The van der Waals surface area contributed by atoms with Crippen LogP contribution in [-0.4, -0.2) is 16.9 Å². The molecule has 1 amide bonds. The second-order valence-corrected chi connectivity index (χ2v) is 5.69. The van der Waals surface area contributed by atoms with Gasteiger partial charge in [0.25, 0.3) is 11.6 Å². The molecule has 1 aromatic rings. The van der Waals surface area contributed by atoms with E-state index in [-0.39, 0.29) is 27.7 Å². The molecule has 0 aliphatic heterocycles. The van der Waals surface area contributed by atoms with Gasteiger partial charge in [-0.25, -0.2) is 0 Å². The summed E-state index contributed by atoms with van der Waals surface area (Å²) in [5.41, 5.74) is 0.175. The first-order valence-electron chi connectivity index (χ1n) is 6.06. The fraction of sp³-hybridized carbons (Fsp3) is 0.462. The van der Waals surface area contributed by atoms with Crippen LogP contribution in [0, 0.1) is 16.0 Å². The van der Waals surface area contributed by atoms with Gasteiger partial charge in [0.2, 0.25) is 0 Å². The summed E-state index contributed by atoms with van der Waals surface area (Å²) in [7, 11) is 0. The fourth-order valence-electron chi connectivity index (χ4n) is 1.90. The summed E-state index contributed by atoms with van der Waals surface area (Å²) >= 11 is 3.12. The smallest absolute Gasteiger partial charge is 0.284 e. The Morgan fingerprint density at radius 2 is 2.05 bits per heavy atom. The number of amides is 1. The summed E-state index contributed by atoms with van der Waals surface area (Å²) in [5.74, 6) is 0.174. The van der Waals surface area contributed by atoms with Crippen molar-refractivity contribution in [1.29, 1.82) is 0 Å². The van der Waals surface area contributed by atoms with Crippen LogP contribution in [0.5, 0.6) is 0 Å². The van der Waals surface area contributed by atoms with Gasteiger partial charge in [0, 0.05) is 12.1 Å². The standard InChI is InChI=1S/C13H17BrN2O3/c1-8(2)7-9(3)15-13(17)10-5-4-6-11(12(10)14)16(18)19/h4-6,8-9H,7H2,1-3H3,(H,15,17). The van der Waals surface area contributed by atoms with Gasteiger partial charge in [-0.1, -0.05) is 19.9 Å². The van der Waals surface area contributed by atoms with Crippen molar-refractivity contribution in [3.8, 4) is 0 Å². The monoisotopic (exact) mass is 328 g/mol. The molecular weight excluding hydrogens is 312 g/mol. The number of carbonyl (C=O) groups excluding carboxylic acids is 1. The summed E-state index contributed by atoms with van der Waals surface area (Å²) in [6.45, 7) is 6.07. The van der Waals surface area contributed by atoms with Crippen molar-refractivity contribution < 1.29 is 9.72 Å². The summed E-state index contributed by atoms with van der Waals surface area (Å²) < 4.78 is 0.217. The maximum absolute atomic E-state index is 12.1. The Kier molecular flexibility index (Phi) is 5.47. The Morgan fingerprint density at radius 1 is 1.42 bits per heavy atom. The Labute approximate surface area is 120 Å². The number of benzene rings is 1. The van der Waals surface area contributed by atoms with E-state index in [1.807, 2.05) is 6.92 Å². The first-order chi connectivity index (χ1) is 8.82. The van der Waals surface area contributed by atoms with E-state index in [1.54, 1.807) is 6.07 Å². The molecule has 0 saturated carbocycles. The number of nitrogens with one attached hydrogen (secondary N) is 1. The third-order valence-electron chi connectivity index (χ3n) is 2.62. The van der Waals surface area contributed by atoms with E-state index in [0.29, 0.717) is 5.92 Å². The molecule has 0 aliphatic rings. The molecule has 6 heteroatoms. The molecule has 1 rings (SSSR count). The molecule has 0 radical (unpaired) electrons. The Hall–Kier alpha value is -1.43. The maximum Gasteiger partial charge on any atom is 0.284 e. The fourth-order valence-corrected chi connectivity index (χ4v) is 2.49. The average molecular weight is 329 g/mol. The third-order valence-corrected chi connectivity index (χ3v) is 3.46. The van der Waals surface area contributed by atoms with Gasteiger partial charge in [0.15, 0.2) is 0 Å². The van der Waals surface area contributed by atoms with Crippen molar-refractivity contribution in [3.05, 3.63) is 38.3 Å². The highest BCUT2D eigenvalue weighted by molar-refractivity contribution is 9.10. The predicted molar refractivity (Wildman–Crippen MR) is 77.2 cm³/mol. The van der Waals surface area contributed by atoms with E-state index in [1.165, 1.54) is 12.1 Å². The lowest BCUT2D eigenvalue weighted by Crippen LogP contribution is -2.33. The number of hydrogen-bond acceptors (Lipinski definition) is 3. The lowest BCUT2D eigenvalue weighted by Gasteiger charge is -2.16. The van der Waals surface area contributed by atoms with Gasteiger partial charge in [-0.05, 0) is 41.3 Å². The van der Waals surface area contributed by atoms with Crippen LogP contribution < -0.4 is 5.32 Å². The van der Waals surface area contributed by atoms with Gasteiger partial charge < -0.3 is 5.32 Å². The average Bonchev–Trinajstić information content (AvgIpc) is 2.27. The number of rotatable bonds is 5. The highest BCUT2D eigenvalue weighted by Gasteiger charge is 2.20. The second-order valence-electron chi connectivity index (χ2n) is 4.90. The van der Waals surface area contributed by atoms with E-state index in [9.17, 15) is 14.9 Å². The molecular formula is C13H17BrN2O3. The van der Waals surface area contributed by atoms with Crippen molar-refractivity contribution in [1.82, 2.24) is 5.32 Å². The SMILES string of the molecule is CC(C)CC(C)NC(=O)c1cccc([N+](=O)[O-])c1Br. The van der Waals surface area contributed by atoms with Crippen LogP contribution in [0.15, 0.2) is 22.7 Å². The van der Waals surface area contributed by atoms with Crippen LogP contribution in [0.4, 0.5) is 5.69 Å². The van der Waals surface area contributed by atoms with Crippen molar-refractivity contribution in [2.75, 3.05) is 0 Å². The van der Waals surface area contributed by atoms with Gasteiger partial charge in [-0.15, -0.1) is 0 Å². The highest BCUT2D eigenvalue weighted by atomic mass is 79.9. The first kappa shape index (κ1) is 15.6. The number of nitro groups is 1. The number of nitrogens with zero attached hydrogens (tertiary/aromatic N) is 1. The van der Waals surface area contributed by atoms with E-state index >= 15 is 0 Å². The number of hydrogen-bond donors (Lipinski definition) is 1. The van der Waals surface area contributed by atoms with Gasteiger partial charge >= 0.3 is 0 Å². The lowest BCUT2D eigenvalue weighted by molar-refractivity contribution is -0.385. The van der Waals surface area contributed by atoms with Crippen LogP contribution in [0.2, 0.25) is 0 Å². The van der Waals surface area contributed by atoms with Crippen LogP contribution in [0.1, 0.15) is 37.6 Å². The summed E-state index contributed by atoms with van der Waals surface area (Å²) in [5, 5.41) is 13.7. The van der Waals surface area contributed by atoms with Gasteiger partial charge in [0.05, 0.1) is 10.5 Å². The number of nitro benzene ring substituents is 1. The van der Waals surface area contributed by atoms with Crippen molar-refractivity contribution in [3.63, 3.8) is 0 Å². The van der Waals surface area contributed by atoms with Crippen LogP contribution in [0.3, 0.4) is 0 Å².